The lowest BCUT2D eigenvalue weighted by atomic mass is 9.84. The molecular formula is C35H58O7. The van der Waals surface area contributed by atoms with E-state index in [2.05, 4.69) is 33.4 Å². The lowest BCUT2D eigenvalue weighted by Crippen LogP contribution is -2.51. The Morgan fingerprint density at radius 3 is 2.29 bits per heavy atom. The normalized spacial score (nSPS) is 31.8. The third-order valence-electron chi connectivity index (χ3n) is 9.84. The van der Waals surface area contributed by atoms with Crippen molar-refractivity contribution >= 4 is 5.97 Å². The average molecular weight is 591 g/mol. The molecule has 1 aliphatic carbocycles. The van der Waals surface area contributed by atoms with Gasteiger partial charge in [0.05, 0.1) is 12.2 Å². The Morgan fingerprint density at radius 2 is 1.69 bits per heavy atom. The van der Waals surface area contributed by atoms with Crippen molar-refractivity contribution in [3.05, 3.63) is 23.8 Å². The molecule has 0 amide bonds. The van der Waals surface area contributed by atoms with Crippen molar-refractivity contribution < 1.29 is 33.6 Å². The zero-order chi connectivity index (χ0) is 30.0. The van der Waals surface area contributed by atoms with Crippen molar-refractivity contribution in [2.75, 3.05) is 13.2 Å². The predicted octanol–water partition coefficient (Wildman–Crippen LogP) is 8.32. The molecule has 0 bridgehead atoms. The minimum Gasteiger partial charge on any atom is -0.477 e. The molecule has 1 saturated carbocycles. The maximum absolute atomic E-state index is 12.7. The first kappa shape index (κ1) is 33.6. The van der Waals surface area contributed by atoms with Crippen molar-refractivity contribution in [1.82, 2.24) is 0 Å². The summed E-state index contributed by atoms with van der Waals surface area (Å²) in [5.74, 6) is -0.907. The molecule has 3 aliphatic heterocycles. The molecule has 7 heteroatoms. The van der Waals surface area contributed by atoms with E-state index in [1.54, 1.807) is 0 Å². The highest BCUT2D eigenvalue weighted by atomic mass is 16.8. The lowest BCUT2D eigenvalue weighted by Gasteiger charge is -2.37. The third kappa shape index (κ3) is 10.4. The number of allylic oxidation sites excluding steroid dienone is 3. The standard InChI is InChI=1S/C35H58O7/c1-25(2)12-11-14-26(3)13-5-6-15-28-19-18-27(4)29(28)24-31-30(40-31)20-21-35(34(36)37,41-32-16-7-9-22-38-32)42-33-17-8-10-23-39-33/h12,26,28-33H,4-11,13-24H2,1-3H3,(H,36,37)/t26?,28-,29-,30?,31+,32?,33?,35?/m0/s1. The molecule has 0 aromatic heterocycles. The number of carboxylic acids is 1. The molecule has 4 rings (SSSR count). The number of rotatable bonds is 18. The van der Waals surface area contributed by atoms with Crippen LogP contribution in [0.15, 0.2) is 23.8 Å². The topological polar surface area (TPSA) is 86.8 Å². The summed E-state index contributed by atoms with van der Waals surface area (Å²) in [7, 11) is 0. The second kappa shape index (κ2) is 16.7. The highest BCUT2D eigenvalue weighted by Crippen LogP contribution is 2.46. The van der Waals surface area contributed by atoms with Gasteiger partial charge in [0, 0.05) is 19.6 Å². The molecule has 4 fully saturated rings. The minimum atomic E-state index is -1.79. The highest BCUT2D eigenvalue weighted by Gasteiger charge is 2.50. The van der Waals surface area contributed by atoms with Crippen LogP contribution in [0.3, 0.4) is 0 Å². The number of hydrogen-bond donors (Lipinski definition) is 1. The summed E-state index contributed by atoms with van der Waals surface area (Å²) in [6.45, 7) is 12.3. The van der Waals surface area contributed by atoms with Crippen molar-refractivity contribution in [1.29, 1.82) is 0 Å². The molecule has 1 N–H and O–H groups in total. The van der Waals surface area contributed by atoms with Gasteiger partial charge in [-0.1, -0.05) is 50.0 Å². The summed E-state index contributed by atoms with van der Waals surface area (Å²) in [6, 6.07) is 0. The number of carbonyl (C=O) groups is 1. The number of hydrogen-bond acceptors (Lipinski definition) is 6. The van der Waals surface area contributed by atoms with Crippen LogP contribution in [0, 0.1) is 17.8 Å². The van der Waals surface area contributed by atoms with Crippen LogP contribution in [0.25, 0.3) is 0 Å². The molecule has 240 valence electrons. The van der Waals surface area contributed by atoms with Crippen molar-refractivity contribution in [2.45, 2.75) is 161 Å². The number of ether oxygens (including phenoxy) is 5. The fraction of sp³-hybridized carbons (Fsp3) is 0.857. The molecule has 7 atom stereocenters. The maximum Gasteiger partial charge on any atom is 0.364 e. The van der Waals surface area contributed by atoms with Gasteiger partial charge in [0.1, 0.15) is 0 Å². The Balaban J connectivity index is 1.24. The van der Waals surface area contributed by atoms with Crippen LogP contribution in [-0.2, 0) is 28.5 Å². The molecule has 0 radical (unpaired) electrons. The van der Waals surface area contributed by atoms with Gasteiger partial charge in [-0.25, -0.2) is 4.79 Å². The van der Waals surface area contributed by atoms with E-state index in [0.29, 0.717) is 44.3 Å². The van der Waals surface area contributed by atoms with Crippen LogP contribution >= 0.6 is 0 Å². The number of carboxylic acid groups (broad SMARTS) is 1. The van der Waals surface area contributed by atoms with E-state index < -0.39 is 24.3 Å². The van der Waals surface area contributed by atoms with E-state index in [1.165, 1.54) is 56.1 Å². The summed E-state index contributed by atoms with van der Waals surface area (Å²) in [5.41, 5.74) is 2.79. The smallest absolute Gasteiger partial charge is 0.364 e. The first-order chi connectivity index (χ1) is 20.3. The van der Waals surface area contributed by atoms with Gasteiger partial charge in [-0.15, -0.1) is 0 Å². The first-order valence-electron chi connectivity index (χ1n) is 17.0. The largest absolute Gasteiger partial charge is 0.477 e. The van der Waals surface area contributed by atoms with Gasteiger partial charge in [-0.2, -0.15) is 0 Å². The fourth-order valence-corrected chi connectivity index (χ4v) is 7.10. The summed E-state index contributed by atoms with van der Waals surface area (Å²) >= 11 is 0. The van der Waals surface area contributed by atoms with Gasteiger partial charge in [-0.3, -0.25) is 0 Å². The van der Waals surface area contributed by atoms with E-state index in [4.69, 9.17) is 23.7 Å². The SMILES string of the molecule is C=C1CC[C@H](CCCCC(C)CCC=C(C)C)[C@H]1C[C@H]1OC1CCC(OC1CCCCO1)(OC1CCCCO1)C(=O)O. The molecule has 0 aromatic carbocycles. The Morgan fingerprint density at radius 1 is 1.00 bits per heavy atom. The molecule has 0 aromatic rings. The lowest BCUT2D eigenvalue weighted by molar-refractivity contribution is -0.352. The average Bonchev–Trinajstić information content (AvgIpc) is 3.63. The highest BCUT2D eigenvalue weighted by molar-refractivity contribution is 5.75. The van der Waals surface area contributed by atoms with Gasteiger partial charge < -0.3 is 28.8 Å². The Kier molecular flexibility index (Phi) is 13.4. The molecule has 0 spiro atoms. The van der Waals surface area contributed by atoms with Crippen molar-refractivity contribution in [2.24, 2.45) is 17.8 Å². The minimum absolute atomic E-state index is 0.0335. The van der Waals surface area contributed by atoms with E-state index in [1.807, 2.05) is 0 Å². The van der Waals surface area contributed by atoms with E-state index >= 15 is 0 Å². The van der Waals surface area contributed by atoms with Crippen LogP contribution in [0.5, 0.6) is 0 Å². The first-order valence-corrected chi connectivity index (χ1v) is 17.0. The van der Waals surface area contributed by atoms with E-state index in [-0.39, 0.29) is 18.6 Å². The number of unbranched alkanes of at least 4 members (excludes halogenated alkanes) is 1. The Labute approximate surface area is 254 Å². The zero-order valence-corrected chi connectivity index (χ0v) is 26.7. The van der Waals surface area contributed by atoms with Gasteiger partial charge in [-0.05, 0) is 115 Å². The fourth-order valence-electron chi connectivity index (χ4n) is 7.10. The van der Waals surface area contributed by atoms with Crippen LogP contribution < -0.4 is 0 Å². The third-order valence-corrected chi connectivity index (χ3v) is 9.84. The Bertz CT molecular complexity index is 849. The molecule has 42 heavy (non-hydrogen) atoms. The van der Waals surface area contributed by atoms with Crippen molar-refractivity contribution in [3.8, 4) is 0 Å². The van der Waals surface area contributed by atoms with Crippen molar-refractivity contribution in [3.63, 3.8) is 0 Å². The summed E-state index contributed by atoms with van der Waals surface area (Å²) < 4.78 is 29.9. The van der Waals surface area contributed by atoms with Gasteiger partial charge >= 0.3 is 5.97 Å². The van der Waals surface area contributed by atoms with E-state index in [0.717, 1.165) is 44.4 Å². The van der Waals surface area contributed by atoms with Gasteiger partial charge in [0.2, 0.25) is 0 Å². The second-order valence-corrected chi connectivity index (χ2v) is 13.7. The molecule has 3 saturated heterocycles. The summed E-state index contributed by atoms with van der Waals surface area (Å²) in [6.07, 6.45) is 18.4. The molecule has 4 aliphatic rings. The van der Waals surface area contributed by atoms with Crippen LogP contribution in [0.1, 0.15) is 130 Å². The van der Waals surface area contributed by atoms with E-state index in [9.17, 15) is 9.90 Å². The predicted molar refractivity (Wildman–Crippen MR) is 164 cm³/mol. The summed E-state index contributed by atoms with van der Waals surface area (Å²) in [4.78, 5) is 12.7. The molecular weight excluding hydrogens is 532 g/mol. The van der Waals surface area contributed by atoms with Gasteiger partial charge in [0.25, 0.3) is 5.79 Å². The van der Waals surface area contributed by atoms with Crippen LogP contribution in [0.2, 0.25) is 0 Å². The second-order valence-electron chi connectivity index (χ2n) is 13.7. The summed E-state index contributed by atoms with van der Waals surface area (Å²) in [5, 5.41) is 10.4. The monoisotopic (exact) mass is 590 g/mol. The Hall–Kier alpha value is -1.25. The quantitative estimate of drug-likeness (QED) is 0.0743. The maximum atomic E-state index is 12.7. The van der Waals surface area contributed by atoms with Crippen LogP contribution in [0.4, 0.5) is 0 Å². The zero-order valence-electron chi connectivity index (χ0n) is 26.7. The van der Waals surface area contributed by atoms with Crippen LogP contribution in [-0.4, -0.2) is 54.9 Å². The molecule has 7 nitrogen and oxygen atoms in total. The molecule has 3 heterocycles. The number of epoxide rings is 1. The molecule has 4 unspecified atom stereocenters. The number of aliphatic carboxylic acids is 1. The van der Waals surface area contributed by atoms with Gasteiger partial charge in [0.15, 0.2) is 12.6 Å².